The lowest BCUT2D eigenvalue weighted by molar-refractivity contribution is 0.293. The summed E-state index contributed by atoms with van der Waals surface area (Å²) in [5, 5.41) is 14.9. The highest BCUT2D eigenvalue weighted by Crippen LogP contribution is 2.21. The number of aryl methyl sites for hydroxylation is 1. The zero-order chi connectivity index (χ0) is 13.9. The van der Waals surface area contributed by atoms with Crippen LogP contribution in [0.5, 0.6) is 5.75 Å². The normalized spacial score (nSPS) is 14.5. The molecule has 1 aliphatic carbocycles. The summed E-state index contributed by atoms with van der Waals surface area (Å²) in [6.45, 7) is 0.828. The van der Waals surface area contributed by atoms with Crippen molar-refractivity contribution in [3.8, 4) is 5.75 Å². The van der Waals surface area contributed by atoms with Gasteiger partial charge in [0.1, 0.15) is 11.6 Å². The van der Waals surface area contributed by atoms with Gasteiger partial charge in [0.25, 0.3) is 0 Å². The van der Waals surface area contributed by atoms with Gasteiger partial charge in [-0.1, -0.05) is 0 Å². The van der Waals surface area contributed by atoms with Gasteiger partial charge in [0.2, 0.25) is 5.82 Å². The fourth-order valence-corrected chi connectivity index (χ4v) is 1.88. The SMILES string of the molecule is Cn1nnc(COc2cc(F)cc(CNC3CC3)c2)n1. The Labute approximate surface area is 115 Å². The summed E-state index contributed by atoms with van der Waals surface area (Å²) in [4.78, 5) is 1.36. The van der Waals surface area contributed by atoms with Gasteiger partial charge in [0, 0.05) is 18.7 Å². The summed E-state index contributed by atoms with van der Waals surface area (Å²) in [5.74, 6) is 0.640. The maximum Gasteiger partial charge on any atom is 0.212 e. The first-order chi connectivity index (χ1) is 9.69. The maximum atomic E-state index is 13.5. The lowest BCUT2D eigenvalue weighted by atomic mass is 10.2. The monoisotopic (exact) mass is 277 g/mol. The maximum absolute atomic E-state index is 13.5. The third-order valence-corrected chi connectivity index (χ3v) is 3.02. The Morgan fingerprint density at radius 2 is 2.25 bits per heavy atom. The minimum atomic E-state index is -0.304. The average molecular weight is 277 g/mol. The summed E-state index contributed by atoms with van der Waals surface area (Å²) in [5.41, 5.74) is 0.874. The highest BCUT2D eigenvalue weighted by Gasteiger charge is 2.20. The van der Waals surface area contributed by atoms with E-state index in [-0.39, 0.29) is 12.4 Å². The van der Waals surface area contributed by atoms with Crippen molar-refractivity contribution in [2.45, 2.75) is 32.0 Å². The van der Waals surface area contributed by atoms with Crippen molar-refractivity contribution >= 4 is 0 Å². The molecule has 0 aliphatic heterocycles. The smallest absolute Gasteiger partial charge is 0.212 e. The van der Waals surface area contributed by atoms with Crippen LogP contribution in [0.1, 0.15) is 24.2 Å². The highest BCUT2D eigenvalue weighted by atomic mass is 19.1. The summed E-state index contributed by atoms with van der Waals surface area (Å²) >= 11 is 0. The Hall–Kier alpha value is -2.02. The number of aromatic nitrogens is 4. The fourth-order valence-electron chi connectivity index (χ4n) is 1.88. The van der Waals surface area contributed by atoms with E-state index in [0.717, 1.165) is 5.56 Å². The number of benzene rings is 1. The van der Waals surface area contributed by atoms with E-state index in [2.05, 4.69) is 20.7 Å². The highest BCUT2D eigenvalue weighted by molar-refractivity contribution is 5.29. The number of rotatable bonds is 6. The first kappa shape index (κ1) is 13.0. The predicted molar refractivity (Wildman–Crippen MR) is 69.4 cm³/mol. The molecule has 1 fully saturated rings. The van der Waals surface area contributed by atoms with Crippen LogP contribution >= 0.6 is 0 Å². The number of halogens is 1. The molecule has 0 spiro atoms. The van der Waals surface area contributed by atoms with Gasteiger partial charge in [-0.05, 0) is 35.8 Å². The number of hydrogen-bond acceptors (Lipinski definition) is 5. The molecule has 0 atom stereocenters. The average Bonchev–Trinajstić information content (AvgIpc) is 3.15. The Kier molecular flexibility index (Phi) is 3.60. The van der Waals surface area contributed by atoms with Gasteiger partial charge in [0.15, 0.2) is 6.61 Å². The number of hydrogen-bond donors (Lipinski definition) is 1. The van der Waals surface area contributed by atoms with Gasteiger partial charge >= 0.3 is 0 Å². The molecule has 7 heteroatoms. The van der Waals surface area contributed by atoms with Gasteiger partial charge in [-0.25, -0.2) is 4.39 Å². The molecule has 6 nitrogen and oxygen atoms in total. The molecule has 0 unspecified atom stereocenters. The number of nitrogens with zero attached hydrogens (tertiary/aromatic N) is 4. The van der Waals surface area contributed by atoms with Crippen molar-refractivity contribution in [3.63, 3.8) is 0 Å². The van der Waals surface area contributed by atoms with E-state index in [1.54, 1.807) is 7.05 Å². The molecular weight excluding hydrogens is 261 g/mol. The minimum absolute atomic E-state index is 0.173. The largest absolute Gasteiger partial charge is 0.485 e. The first-order valence-electron chi connectivity index (χ1n) is 6.57. The number of nitrogens with one attached hydrogen (secondary N) is 1. The van der Waals surface area contributed by atoms with Crippen molar-refractivity contribution < 1.29 is 9.13 Å². The van der Waals surface area contributed by atoms with Crippen LogP contribution in [-0.4, -0.2) is 26.2 Å². The van der Waals surface area contributed by atoms with Crippen LogP contribution in [-0.2, 0) is 20.2 Å². The van der Waals surface area contributed by atoms with E-state index in [1.165, 1.54) is 29.8 Å². The molecule has 0 saturated heterocycles. The van der Waals surface area contributed by atoms with E-state index in [4.69, 9.17) is 4.74 Å². The van der Waals surface area contributed by atoms with Crippen molar-refractivity contribution in [3.05, 3.63) is 35.4 Å². The molecule has 2 aromatic rings. The molecule has 1 heterocycles. The van der Waals surface area contributed by atoms with Crippen LogP contribution in [0.3, 0.4) is 0 Å². The molecule has 20 heavy (non-hydrogen) atoms. The molecule has 3 rings (SSSR count). The zero-order valence-electron chi connectivity index (χ0n) is 11.2. The second kappa shape index (κ2) is 5.54. The van der Waals surface area contributed by atoms with E-state index < -0.39 is 0 Å². The zero-order valence-corrected chi connectivity index (χ0v) is 11.2. The van der Waals surface area contributed by atoms with E-state index in [9.17, 15) is 4.39 Å². The van der Waals surface area contributed by atoms with Crippen LogP contribution in [0.4, 0.5) is 4.39 Å². The molecule has 1 aliphatic rings. The summed E-state index contributed by atoms with van der Waals surface area (Å²) in [6.07, 6.45) is 2.41. The van der Waals surface area contributed by atoms with Gasteiger partial charge in [0.05, 0.1) is 7.05 Å². The van der Waals surface area contributed by atoms with E-state index >= 15 is 0 Å². The van der Waals surface area contributed by atoms with Crippen molar-refractivity contribution in [1.82, 2.24) is 25.5 Å². The molecule has 0 radical (unpaired) electrons. The standard InChI is InChI=1S/C13H16FN5O/c1-19-17-13(16-18-19)8-20-12-5-9(4-10(14)6-12)7-15-11-2-3-11/h4-6,11,15H,2-3,7-8H2,1H3. The van der Waals surface area contributed by atoms with Crippen molar-refractivity contribution in [1.29, 1.82) is 0 Å². The third kappa shape index (κ3) is 3.51. The molecule has 1 aromatic heterocycles. The van der Waals surface area contributed by atoms with Gasteiger partial charge in [-0.3, -0.25) is 0 Å². The quantitative estimate of drug-likeness (QED) is 0.859. The molecular formula is C13H16FN5O. The molecule has 1 saturated carbocycles. The summed E-state index contributed by atoms with van der Waals surface area (Å²) < 4.78 is 19.0. The molecule has 106 valence electrons. The van der Waals surface area contributed by atoms with E-state index in [1.807, 2.05) is 6.07 Å². The molecule has 0 bridgehead atoms. The topological polar surface area (TPSA) is 64.9 Å². The minimum Gasteiger partial charge on any atom is -0.485 e. The number of tetrazole rings is 1. The Bertz CT molecular complexity index is 596. The van der Waals surface area contributed by atoms with Crippen LogP contribution in [0, 0.1) is 5.82 Å². The van der Waals surface area contributed by atoms with Gasteiger partial charge in [-0.15, -0.1) is 10.2 Å². The van der Waals surface area contributed by atoms with Gasteiger partial charge < -0.3 is 10.1 Å². The molecule has 1 N–H and O–H groups in total. The second-order valence-corrected chi connectivity index (χ2v) is 4.93. The van der Waals surface area contributed by atoms with Crippen LogP contribution in [0.25, 0.3) is 0 Å². The van der Waals surface area contributed by atoms with Crippen LogP contribution < -0.4 is 10.1 Å². The van der Waals surface area contributed by atoms with Gasteiger partial charge in [-0.2, -0.15) is 4.80 Å². The lowest BCUT2D eigenvalue weighted by Gasteiger charge is -2.08. The first-order valence-corrected chi connectivity index (χ1v) is 6.57. The Morgan fingerprint density at radius 1 is 1.40 bits per heavy atom. The Morgan fingerprint density at radius 3 is 2.95 bits per heavy atom. The fraction of sp³-hybridized carbons (Fsp3) is 0.462. The second-order valence-electron chi connectivity index (χ2n) is 4.93. The van der Waals surface area contributed by atoms with Crippen molar-refractivity contribution in [2.24, 2.45) is 7.05 Å². The predicted octanol–water partition coefficient (Wildman–Crippen LogP) is 1.18. The molecule has 1 aromatic carbocycles. The summed E-state index contributed by atoms with van der Waals surface area (Å²) in [6, 6.07) is 5.29. The Balaban J connectivity index is 1.62. The summed E-state index contributed by atoms with van der Waals surface area (Å²) in [7, 11) is 1.68. The van der Waals surface area contributed by atoms with E-state index in [0.29, 0.717) is 24.2 Å². The lowest BCUT2D eigenvalue weighted by Crippen LogP contribution is -2.15. The van der Waals surface area contributed by atoms with Crippen LogP contribution in [0.2, 0.25) is 0 Å². The van der Waals surface area contributed by atoms with Crippen molar-refractivity contribution in [2.75, 3.05) is 0 Å². The number of ether oxygens (including phenoxy) is 1. The molecule has 0 amide bonds. The van der Waals surface area contributed by atoms with Crippen LogP contribution in [0.15, 0.2) is 18.2 Å². The third-order valence-electron chi connectivity index (χ3n) is 3.02.